The molecule has 1 aliphatic heterocycles. The second-order valence-electron chi connectivity index (χ2n) is 8.25. The number of carbonyl (C=O) groups excluding carboxylic acids is 2. The molecule has 4 rings (SSSR count). The van der Waals surface area contributed by atoms with Crippen molar-refractivity contribution in [1.82, 2.24) is 4.57 Å². The Morgan fingerprint density at radius 3 is 2.50 bits per heavy atom. The zero-order chi connectivity index (χ0) is 26.0. The van der Waals surface area contributed by atoms with Gasteiger partial charge in [0.25, 0.3) is 5.56 Å². The van der Waals surface area contributed by atoms with Crippen LogP contribution in [-0.4, -0.2) is 33.9 Å². The zero-order valence-electron chi connectivity index (χ0n) is 18.6. The summed E-state index contributed by atoms with van der Waals surface area (Å²) in [4.78, 5) is 48.8. The Labute approximate surface area is 201 Å². The number of amides is 1. The van der Waals surface area contributed by atoms with E-state index in [0.29, 0.717) is 11.4 Å². The van der Waals surface area contributed by atoms with Gasteiger partial charge in [0.1, 0.15) is 12.4 Å². The largest absolute Gasteiger partial charge is 0.493 e. The standard InChI is InChI=1S/C25H19F3N2O6/c26-18-6-13(7-19(27)23(18)28)11-30-5-1-2-17(24(30)33)21(31)8-15(25(34)35)12-36-16-4-3-14-9-22(32)29-20(14)10-16/h1-7,10,15H,8-9,11-12H2,(H,29,32)(H,34,35). The lowest BCUT2D eigenvalue weighted by atomic mass is 9.99. The number of ketones is 1. The second kappa shape index (κ2) is 10.1. The minimum Gasteiger partial charge on any atom is -0.493 e. The molecule has 36 heavy (non-hydrogen) atoms. The third kappa shape index (κ3) is 5.29. The normalized spacial score (nSPS) is 13.1. The number of nitrogens with zero attached hydrogens (tertiary/aromatic N) is 1. The van der Waals surface area contributed by atoms with Gasteiger partial charge in [0.05, 0.1) is 24.4 Å². The topological polar surface area (TPSA) is 115 Å². The van der Waals surface area contributed by atoms with E-state index >= 15 is 0 Å². The molecule has 11 heteroatoms. The fourth-order valence-electron chi connectivity index (χ4n) is 3.80. The Kier molecular flexibility index (Phi) is 6.91. The van der Waals surface area contributed by atoms with Gasteiger partial charge >= 0.3 is 5.97 Å². The van der Waals surface area contributed by atoms with E-state index in [9.17, 15) is 37.5 Å². The summed E-state index contributed by atoms with van der Waals surface area (Å²) in [5.41, 5.74) is 0.189. The van der Waals surface area contributed by atoms with Gasteiger partial charge in [0.15, 0.2) is 23.2 Å². The average molecular weight is 500 g/mol. The summed E-state index contributed by atoms with van der Waals surface area (Å²) in [5.74, 6) is -7.69. The molecular weight excluding hydrogens is 481 g/mol. The van der Waals surface area contributed by atoms with Crippen LogP contribution in [0.5, 0.6) is 5.75 Å². The number of hydrogen-bond acceptors (Lipinski definition) is 5. The molecule has 1 atom stereocenters. The maximum Gasteiger partial charge on any atom is 0.310 e. The third-order valence-electron chi connectivity index (χ3n) is 5.66. The summed E-state index contributed by atoms with van der Waals surface area (Å²) in [5, 5.41) is 12.2. The van der Waals surface area contributed by atoms with Crippen LogP contribution in [0.2, 0.25) is 0 Å². The van der Waals surface area contributed by atoms with Crippen molar-refractivity contribution < 1.29 is 37.4 Å². The van der Waals surface area contributed by atoms with Crippen molar-refractivity contribution in [3.63, 3.8) is 0 Å². The Morgan fingerprint density at radius 2 is 1.81 bits per heavy atom. The number of fused-ring (bicyclic) bond motifs is 1. The van der Waals surface area contributed by atoms with Crippen molar-refractivity contribution in [1.29, 1.82) is 0 Å². The summed E-state index contributed by atoms with van der Waals surface area (Å²) in [6, 6.07) is 8.86. The van der Waals surface area contributed by atoms with Crippen molar-refractivity contribution >= 4 is 23.3 Å². The number of aliphatic carboxylic acids is 1. The maximum absolute atomic E-state index is 13.5. The molecule has 0 radical (unpaired) electrons. The molecule has 0 saturated heterocycles. The first-order chi connectivity index (χ1) is 17.1. The van der Waals surface area contributed by atoms with E-state index in [4.69, 9.17) is 4.74 Å². The first-order valence-electron chi connectivity index (χ1n) is 10.8. The van der Waals surface area contributed by atoms with Crippen molar-refractivity contribution in [2.24, 2.45) is 5.92 Å². The highest BCUT2D eigenvalue weighted by Crippen LogP contribution is 2.28. The molecule has 8 nitrogen and oxygen atoms in total. The molecule has 0 fully saturated rings. The van der Waals surface area contributed by atoms with E-state index in [2.05, 4.69) is 5.32 Å². The Morgan fingerprint density at radius 1 is 1.08 bits per heavy atom. The molecule has 3 aromatic rings. The lowest BCUT2D eigenvalue weighted by molar-refractivity contribution is -0.142. The van der Waals surface area contributed by atoms with Crippen LogP contribution in [0, 0.1) is 23.4 Å². The van der Waals surface area contributed by atoms with E-state index in [-0.39, 0.29) is 36.6 Å². The summed E-state index contributed by atoms with van der Waals surface area (Å²) < 4.78 is 46.7. The number of carboxylic acid groups (broad SMARTS) is 1. The van der Waals surface area contributed by atoms with E-state index < -0.39 is 47.1 Å². The first kappa shape index (κ1) is 24.7. The van der Waals surface area contributed by atoms with Crippen LogP contribution in [0.25, 0.3) is 0 Å². The molecule has 0 saturated carbocycles. The number of benzene rings is 2. The monoisotopic (exact) mass is 500 g/mol. The number of rotatable bonds is 9. The minimum absolute atomic E-state index is 0.0413. The van der Waals surface area contributed by atoms with Crippen LogP contribution >= 0.6 is 0 Å². The fourth-order valence-corrected chi connectivity index (χ4v) is 3.80. The van der Waals surface area contributed by atoms with Crippen molar-refractivity contribution in [3.8, 4) is 5.75 Å². The van der Waals surface area contributed by atoms with Gasteiger partial charge in [-0.2, -0.15) is 0 Å². The number of carboxylic acids is 1. The number of pyridine rings is 1. The summed E-state index contributed by atoms with van der Waals surface area (Å²) >= 11 is 0. The third-order valence-corrected chi connectivity index (χ3v) is 5.66. The van der Waals surface area contributed by atoms with Gasteiger partial charge in [-0.05, 0) is 41.5 Å². The van der Waals surface area contributed by atoms with E-state index in [1.54, 1.807) is 18.2 Å². The molecule has 2 aromatic carbocycles. The minimum atomic E-state index is -1.64. The molecule has 1 unspecified atom stereocenters. The summed E-state index contributed by atoms with van der Waals surface area (Å²) in [7, 11) is 0. The summed E-state index contributed by atoms with van der Waals surface area (Å²) in [6.45, 7) is -0.711. The Hall–Kier alpha value is -4.41. The number of carbonyl (C=O) groups is 3. The number of Topliss-reactive ketones (excluding diaryl/α,β-unsaturated/α-hetero) is 1. The SMILES string of the molecule is O=C1Cc2ccc(OCC(CC(=O)c3cccn(Cc4cc(F)c(F)c(F)c4)c3=O)C(=O)O)cc2N1. The fraction of sp³-hybridized carbons (Fsp3) is 0.200. The van der Waals surface area contributed by atoms with Crippen molar-refractivity contribution in [2.75, 3.05) is 11.9 Å². The molecule has 0 spiro atoms. The number of nitrogens with one attached hydrogen (secondary N) is 1. The number of halogens is 3. The van der Waals surface area contributed by atoms with Gasteiger partial charge in [-0.3, -0.25) is 19.2 Å². The lowest BCUT2D eigenvalue weighted by Crippen LogP contribution is -2.30. The number of aromatic nitrogens is 1. The predicted molar refractivity (Wildman–Crippen MR) is 120 cm³/mol. The smallest absolute Gasteiger partial charge is 0.310 e. The average Bonchev–Trinajstić information content (AvgIpc) is 3.20. The van der Waals surface area contributed by atoms with E-state index in [1.165, 1.54) is 18.3 Å². The molecule has 1 amide bonds. The van der Waals surface area contributed by atoms with Crippen LogP contribution in [0.3, 0.4) is 0 Å². The van der Waals surface area contributed by atoms with Crippen LogP contribution in [-0.2, 0) is 22.6 Å². The van der Waals surface area contributed by atoms with Gasteiger partial charge in [-0.25, -0.2) is 13.2 Å². The number of hydrogen-bond donors (Lipinski definition) is 2. The zero-order valence-corrected chi connectivity index (χ0v) is 18.6. The van der Waals surface area contributed by atoms with Gasteiger partial charge in [0, 0.05) is 24.4 Å². The van der Waals surface area contributed by atoms with Gasteiger partial charge in [0.2, 0.25) is 5.91 Å². The Bertz CT molecular complexity index is 1410. The van der Waals surface area contributed by atoms with Gasteiger partial charge in [-0.15, -0.1) is 0 Å². The summed E-state index contributed by atoms with van der Waals surface area (Å²) in [6.07, 6.45) is 0.972. The highest BCUT2D eigenvalue weighted by molar-refractivity contribution is 5.99. The number of ether oxygens (including phenoxy) is 1. The maximum atomic E-state index is 13.5. The van der Waals surface area contributed by atoms with Crippen LogP contribution < -0.4 is 15.6 Å². The molecule has 0 aliphatic carbocycles. The molecule has 0 bridgehead atoms. The quantitative estimate of drug-likeness (QED) is 0.345. The second-order valence-corrected chi connectivity index (χ2v) is 8.25. The van der Waals surface area contributed by atoms with Crippen LogP contribution in [0.1, 0.15) is 27.9 Å². The Balaban J connectivity index is 1.46. The molecule has 1 aromatic heterocycles. The van der Waals surface area contributed by atoms with Crippen molar-refractivity contribution in [3.05, 3.63) is 93.2 Å². The highest BCUT2D eigenvalue weighted by atomic mass is 19.2. The van der Waals surface area contributed by atoms with Crippen molar-refractivity contribution in [2.45, 2.75) is 19.4 Å². The lowest BCUT2D eigenvalue weighted by Gasteiger charge is -2.14. The first-order valence-corrected chi connectivity index (χ1v) is 10.8. The molecular formula is C25H19F3N2O6. The molecule has 2 N–H and O–H groups in total. The van der Waals surface area contributed by atoms with Gasteiger partial charge in [-0.1, -0.05) is 6.07 Å². The molecule has 2 heterocycles. The van der Waals surface area contributed by atoms with E-state index in [1.807, 2.05) is 0 Å². The van der Waals surface area contributed by atoms with E-state index in [0.717, 1.165) is 22.3 Å². The molecule has 186 valence electrons. The van der Waals surface area contributed by atoms with Gasteiger partial charge < -0.3 is 19.7 Å². The number of anilines is 1. The predicted octanol–water partition coefficient (Wildman–Crippen LogP) is 3.16. The molecule has 1 aliphatic rings. The highest BCUT2D eigenvalue weighted by Gasteiger charge is 2.25. The van der Waals surface area contributed by atoms with Crippen LogP contribution in [0.4, 0.5) is 18.9 Å². The van der Waals surface area contributed by atoms with Crippen LogP contribution in [0.15, 0.2) is 53.5 Å².